The van der Waals surface area contributed by atoms with Crippen LogP contribution in [0.1, 0.15) is 18.7 Å². The van der Waals surface area contributed by atoms with Crippen LogP contribution >= 0.6 is 0 Å². The highest BCUT2D eigenvalue weighted by Crippen LogP contribution is 2.35. The van der Waals surface area contributed by atoms with Crippen LogP contribution in [0.25, 0.3) is 22.6 Å². The first-order valence-corrected chi connectivity index (χ1v) is 9.86. The van der Waals surface area contributed by atoms with Crippen LogP contribution < -0.4 is 0 Å². The molecular formula is C19H16FNO5S. The average molecular weight is 389 g/mol. The fraction of sp³-hybridized carbons (Fsp3) is 0.158. The number of carbonyl (C=O) groups is 1. The number of nitrogens with zero attached hydrogens (tertiary/aromatic N) is 1. The molecule has 0 aliphatic heterocycles. The van der Waals surface area contributed by atoms with Gasteiger partial charge >= 0.3 is 5.97 Å². The molecular weight excluding hydrogens is 373 g/mol. The van der Waals surface area contributed by atoms with Gasteiger partial charge in [-0.2, -0.15) is 0 Å². The summed E-state index contributed by atoms with van der Waals surface area (Å²) in [5.74, 6) is -2.21. The summed E-state index contributed by atoms with van der Waals surface area (Å²) in [6, 6.07) is 11.5. The van der Waals surface area contributed by atoms with E-state index in [4.69, 9.17) is 4.42 Å². The van der Waals surface area contributed by atoms with Gasteiger partial charge in [0.1, 0.15) is 17.4 Å². The summed E-state index contributed by atoms with van der Waals surface area (Å²) in [6.07, 6.45) is 1.11. The number of oxazole rings is 1. The normalized spacial score (nSPS) is 12.7. The molecule has 1 atom stereocenters. The molecule has 2 aromatic carbocycles. The topological polar surface area (TPSA) is 97.5 Å². The van der Waals surface area contributed by atoms with Crippen molar-refractivity contribution in [3.05, 3.63) is 60.2 Å². The molecule has 0 fully saturated rings. The number of hydrogen-bond acceptors (Lipinski definition) is 5. The minimum Gasteiger partial charge on any atom is -0.481 e. The maximum absolute atomic E-state index is 13.2. The molecule has 0 amide bonds. The number of benzene rings is 2. The first-order chi connectivity index (χ1) is 12.7. The van der Waals surface area contributed by atoms with Gasteiger partial charge in [0.25, 0.3) is 0 Å². The largest absolute Gasteiger partial charge is 0.481 e. The van der Waals surface area contributed by atoms with Crippen LogP contribution in [0.2, 0.25) is 0 Å². The second kappa shape index (κ2) is 6.96. The van der Waals surface area contributed by atoms with E-state index in [1.54, 1.807) is 12.1 Å². The Balaban J connectivity index is 2.15. The predicted molar refractivity (Wildman–Crippen MR) is 96.5 cm³/mol. The Morgan fingerprint density at radius 2 is 1.63 bits per heavy atom. The molecule has 140 valence electrons. The average Bonchev–Trinajstić information content (AvgIpc) is 3.06. The van der Waals surface area contributed by atoms with Gasteiger partial charge in [-0.05, 0) is 43.3 Å². The zero-order valence-electron chi connectivity index (χ0n) is 14.5. The lowest BCUT2D eigenvalue weighted by Crippen LogP contribution is -2.07. The highest BCUT2D eigenvalue weighted by atomic mass is 32.2. The molecule has 0 aliphatic carbocycles. The molecule has 0 saturated carbocycles. The first-order valence-electron chi connectivity index (χ1n) is 7.97. The molecule has 3 aromatic rings. The Morgan fingerprint density at radius 1 is 1.07 bits per heavy atom. The van der Waals surface area contributed by atoms with Crippen molar-refractivity contribution in [3.8, 4) is 22.6 Å². The molecule has 0 radical (unpaired) electrons. The van der Waals surface area contributed by atoms with Crippen molar-refractivity contribution in [3.63, 3.8) is 0 Å². The maximum atomic E-state index is 13.2. The van der Waals surface area contributed by atoms with E-state index in [0.29, 0.717) is 16.8 Å². The van der Waals surface area contributed by atoms with E-state index in [-0.39, 0.29) is 16.5 Å². The van der Waals surface area contributed by atoms with Crippen LogP contribution in [0, 0.1) is 5.82 Å². The summed E-state index contributed by atoms with van der Waals surface area (Å²) in [5.41, 5.74) is 1.43. The lowest BCUT2D eigenvalue weighted by molar-refractivity contribution is -0.138. The minimum atomic E-state index is -3.35. The number of rotatable bonds is 5. The quantitative estimate of drug-likeness (QED) is 0.714. The van der Waals surface area contributed by atoms with Crippen molar-refractivity contribution in [2.45, 2.75) is 17.7 Å². The van der Waals surface area contributed by atoms with Gasteiger partial charge in [0.15, 0.2) is 15.6 Å². The van der Waals surface area contributed by atoms with Crippen LogP contribution in [0.3, 0.4) is 0 Å². The summed E-state index contributed by atoms with van der Waals surface area (Å²) < 4.78 is 42.2. The van der Waals surface area contributed by atoms with Gasteiger partial charge in [0, 0.05) is 17.4 Å². The molecule has 0 spiro atoms. The Bertz CT molecular complexity index is 1090. The van der Waals surface area contributed by atoms with E-state index in [1.807, 2.05) is 0 Å². The molecule has 27 heavy (non-hydrogen) atoms. The molecule has 8 heteroatoms. The zero-order chi connectivity index (χ0) is 19.8. The highest BCUT2D eigenvalue weighted by molar-refractivity contribution is 7.90. The summed E-state index contributed by atoms with van der Waals surface area (Å²) in [6.45, 7) is 1.44. The number of sulfone groups is 1. The Hall–Kier alpha value is -3.00. The summed E-state index contributed by atoms with van der Waals surface area (Å²) >= 11 is 0. The zero-order valence-corrected chi connectivity index (χ0v) is 15.3. The third kappa shape index (κ3) is 3.90. The van der Waals surface area contributed by atoms with Crippen LogP contribution in [-0.4, -0.2) is 30.7 Å². The number of aromatic nitrogens is 1. The molecule has 0 bridgehead atoms. The predicted octanol–water partition coefficient (Wildman–Crippen LogP) is 3.74. The van der Waals surface area contributed by atoms with Crippen molar-refractivity contribution in [2.75, 3.05) is 6.26 Å². The van der Waals surface area contributed by atoms with Crippen LogP contribution in [0.4, 0.5) is 4.39 Å². The number of carboxylic acid groups (broad SMARTS) is 1. The van der Waals surface area contributed by atoms with Gasteiger partial charge < -0.3 is 9.52 Å². The second-order valence-corrected chi connectivity index (χ2v) is 8.11. The number of aliphatic carboxylic acids is 1. The van der Waals surface area contributed by atoms with Crippen molar-refractivity contribution in [1.82, 2.24) is 4.98 Å². The van der Waals surface area contributed by atoms with Gasteiger partial charge in [-0.25, -0.2) is 17.8 Å². The molecule has 1 N–H and O–H groups in total. The van der Waals surface area contributed by atoms with E-state index in [1.165, 1.54) is 43.3 Å². The van der Waals surface area contributed by atoms with Gasteiger partial charge in [-0.1, -0.05) is 12.1 Å². The molecule has 6 nitrogen and oxygen atoms in total. The van der Waals surface area contributed by atoms with Crippen LogP contribution in [0.5, 0.6) is 0 Å². The minimum absolute atomic E-state index is 0.00372. The molecule has 0 aliphatic rings. The van der Waals surface area contributed by atoms with Crippen molar-refractivity contribution < 1.29 is 27.1 Å². The fourth-order valence-electron chi connectivity index (χ4n) is 2.48. The molecule has 1 unspecified atom stereocenters. The van der Waals surface area contributed by atoms with Crippen molar-refractivity contribution >= 4 is 15.8 Å². The maximum Gasteiger partial charge on any atom is 0.315 e. The third-order valence-corrected chi connectivity index (χ3v) is 5.18. The fourth-order valence-corrected chi connectivity index (χ4v) is 3.11. The first kappa shape index (κ1) is 18.8. The molecule has 3 rings (SSSR count). The van der Waals surface area contributed by atoms with E-state index in [9.17, 15) is 22.7 Å². The third-order valence-electron chi connectivity index (χ3n) is 4.05. The summed E-state index contributed by atoms with van der Waals surface area (Å²) in [5, 5.41) is 9.22. The van der Waals surface area contributed by atoms with Crippen molar-refractivity contribution in [2.24, 2.45) is 0 Å². The van der Waals surface area contributed by atoms with Gasteiger partial charge in [0.2, 0.25) is 5.89 Å². The molecule has 1 aromatic heterocycles. The van der Waals surface area contributed by atoms with Gasteiger partial charge in [0.05, 0.1) is 4.90 Å². The highest BCUT2D eigenvalue weighted by Gasteiger charge is 2.24. The Labute approximate surface area is 155 Å². The lowest BCUT2D eigenvalue weighted by Gasteiger charge is -2.03. The standard InChI is InChI=1S/C19H16FNO5S/c1-11(19(22)23)18-21-16(12-5-9-15(10-6-12)27(2,24)25)17(26-18)13-3-7-14(20)8-4-13/h3-11H,1-2H3,(H,22,23). The van der Waals surface area contributed by atoms with E-state index in [0.717, 1.165) is 6.26 Å². The Morgan fingerprint density at radius 3 is 2.15 bits per heavy atom. The smallest absolute Gasteiger partial charge is 0.315 e. The van der Waals surface area contributed by atoms with Gasteiger partial charge in [-0.3, -0.25) is 4.79 Å². The summed E-state index contributed by atoms with van der Waals surface area (Å²) in [4.78, 5) is 15.7. The van der Waals surface area contributed by atoms with Crippen molar-refractivity contribution in [1.29, 1.82) is 0 Å². The number of hydrogen-bond donors (Lipinski definition) is 1. The van der Waals surface area contributed by atoms with Gasteiger partial charge in [-0.15, -0.1) is 0 Å². The van der Waals surface area contributed by atoms with E-state index >= 15 is 0 Å². The molecule has 0 saturated heterocycles. The monoisotopic (exact) mass is 389 g/mol. The lowest BCUT2D eigenvalue weighted by atomic mass is 10.1. The van der Waals surface area contributed by atoms with E-state index in [2.05, 4.69) is 4.98 Å². The number of carboxylic acids is 1. The second-order valence-electron chi connectivity index (χ2n) is 6.09. The Kier molecular flexibility index (Phi) is 4.84. The number of halogens is 1. The SMILES string of the molecule is CC(C(=O)O)c1nc(-c2ccc(S(C)(=O)=O)cc2)c(-c2ccc(F)cc2)o1. The van der Waals surface area contributed by atoms with E-state index < -0.39 is 27.5 Å². The molecule has 1 heterocycles. The summed E-state index contributed by atoms with van der Waals surface area (Å²) in [7, 11) is -3.35. The van der Waals surface area contributed by atoms with Crippen LogP contribution in [-0.2, 0) is 14.6 Å². The van der Waals surface area contributed by atoms with Crippen LogP contribution in [0.15, 0.2) is 57.8 Å².